The number of carbonyl (C=O) groups is 1. The van der Waals surface area contributed by atoms with Crippen molar-refractivity contribution in [1.29, 1.82) is 0 Å². The van der Waals surface area contributed by atoms with E-state index in [1.54, 1.807) is 24.3 Å². The Morgan fingerprint density at radius 1 is 1.20 bits per heavy atom. The summed E-state index contributed by atoms with van der Waals surface area (Å²) in [6, 6.07) is 12.2. The number of rotatable bonds is 4. The lowest BCUT2D eigenvalue weighted by Gasteiger charge is -2.07. The maximum atomic E-state index is 12.6. The average molecular weight is 336 g/mol. The molecule has 0 saturated heterocycles. The van der Waals surface area contributed by atoms with Crippen LogP contribution in [0.2, 0.25) is 0 Å². The molecule has 0 aliphatic rings. The van der Waals surface area contributed by atoms with Gasteiger partial charge in [-0.2, -0.15) is 5.21 Å². The second-order valence-electron chi connectivity index (χ2n) is 5.35. The maximum Gasteiger partial charge on any atom is 0.417 e. The van der Waals surface area contributed by atoms with Gasteiger partial charge in [-0.3, -0.25) is 9.78 Å². The summed E-state index contributed by atoms with van der Waals surface area (Å²) in [6.45, 7) is 0. The number of carbonyl (C=O) groups excluding carboxylic acids is 1. The van der Waals surface area contributed by atoms with E-state index in [4.69, 9.17) is 4.42 Å². The van der Waals surface area contributed by atoms with Crippen molar-refractivity contribution >= 4 is 22.7 Å². The van der Waals surface area contributed by atoms with Crippen molar-refractivity contribution in [3.05, 3.63) is 70.0 Å². The van der Waals surface area contributed by atoms with Gasteiger partial charge in [0.2, 0.25) is 0 Å². The normalized spacial score (nSPS) is 10.9. The Hall–Kier alpha value is -3.75. The second kappa shape index (κ2) is 6.04. The average Bonchev–Trinajstić information content (AvgIpc) is 3.23. The minimum atomic E-state index is -0.600. The van der Waals surface area contributed by atoms with Crippen LogP contribution >= 0.6 is 0 Å². The van der Waals surface area contributed by atoms with E-state index in [2.05, 4.69) is 30.9 Å². The number of aromatic amines is 2. The topological polar surface area (TPSA) is 130 Å². The van der Waals surface area contributed by atoms with Crippen molar-refractivity contribution < 1.29 is 9.21 Å². The summed E-state index contributed by atoms with van der Waals surface area (Å²) in [6.07, 6.45) is 0.491. The number of fused-ring (bicyclic) bond motifs is 1. The highest BCUT2D eigenvalue weighted by atomic mass is 16.4. The van der Waals surface area contributed by atoms with E-state index in [0.717, 1.165) is 5.56 Å². The molecule has 124 valence electrons. The highest BCUT2D eigenvalue weighted by Gasteiger charge is 2.14. The molecular weight excluding hydrogens is 324 g/mol. The number of hydrogen-bond acceptors (Lipinski definition) is 6. The number of nitrogens with zero attached hydrogens (tertiary/aromatic N) is 3. The van der Waals surface area contributed by atoms with Gasteiger partial charge in [0, 0.05) is 12.1 Å². The van der Waals surface area contributed by atoms with Crippen molar-refractivity contribution in [1.82, 2.24) is 25.6 Å². The molecule has 2 heterocycles. The van der Waals surface area contributed by atoms with Crippen LogP contribution in [0.3, 0.4) is 0 Å². The summed E-state index contributed by atoms with van der Waals surface area (Å²) in [5, 5.41) is 16.5. The summed E-state index contributed by atoms with van der Waals surface area (Å²) < 4.78 is 4.97. The lowest BCUT2D eigenvalue weighted by Crippen LogP contribution is -2.13. The number of oxazole rings is 1. The smallest absolute Gasteiger partial charge is 0.408 e. The zero-order valence-corrected chi connectivity index (χ0v) is 12.8. The van der Waals surface area contributed by atoms with Gasteiger partial charge < -0.3 is 9.73 Å². The largest absolute Gasteiger partial charge is 0.417 e. The van der Waals surface area contributed by atoms with E-state index in [0.29, 0.717) is 34.6 Å². The van der Waals surface area contributed by atoms with Gasteiger partial charge in [-0.1, -0.05) is 23.4 Å². The van der Waals surface area contributed by atoms with Gasteiger partial charge in [0.05, 0.1) is 11.1 Å². The third-order valence-electron chi connectivity index (χ3n) is 3.64. The molecule has 9 heteroatoms. The van der Waals surface area contributed by atoms with Crippen LogP contribution in [0.25, 0.3) is 11.1 Å². The van der Waals surface area contributed by atoms with E-state index in [-0.39, 0.29) is 5.91 Å². The number of nitrogens with one attached hydrogen (secondary N) is 3. The Morgan fingerprint density at radius 2 is 2.08 bits per heavy atom. The van der Waals surface area contributed by atoms with Crippen LogP contribution < -0.4 is 11.1 Å². The number of amides is 1. The molecule has 4 aromatic rings. The third kappa shape index (κ3) is 3.02. The number of tetrazole rings is 1. The fourth-order valence-electron chi connectivity index (χ4n) is 2.56. The van der Waals surface area contributed by atoms with E-state index in [1.165, 1.54) is 0 Å². The Labute approximate surface area is 140 Å². The van der Waals surface area contributed by atoms with Crippen LogP contribution in [0.5, 0.6) is 0 Å². The number of hydrogen-bond donors (Lipinski definition) is 3. The molecule has 3 N–H and O–H groups in total. The predicted molar refractivity (Wildman–Crippen MR) is 88.2 cm³/mol. The van der Waals surface area contributed by atoms with Crippen LogP contribution in [0.15, 0.2) is 51.7 Å². The molecule has 0 unspecified atom stereocenters. The van der Waals surface area contributed by atoms with Crippen LogP contribution in [0, 0.1) is 0 Å². The molecule has 0 aliphatic carbocycles. The van der Waals surface area contributed by atoms with Gasteiger partial charge in [-0.15, -0.1) is 10.2 Å². The van der Waals surface area contributed by atoms with Gasteiger partial charge in [-0.05, 0) is 29.8 Å². The molecule has 0 aliphatic heterocycles. The SMILES string of the molecule is O=C(Nc1cccc(Cc2nn[nH]n2)c1)c1cccc2oc(=O)[nH]c12. The Balaban J connectivity index is 1.59. The summed E-state index contributed by atoms with van der Waals surface area (Å²) >= 11 is 0. The third-order valence-corrected chi connectivity index (χ3v) is 3.64. The monoisotopic (exact) mass is 336 g/mol. The zero-order chi connectivity index (χ0) is 17.2. The van der Waals surface area contributed by atoms with Gasteiger partial charge in [0.25, 0.3) is 5.91 Å². The molecule has 1 amide bonds. The summed E-state index contributed by atoms with van der Waals surface area (Å²) in [5.41, 5.74) is 2.58. The molecule has 2 aromatic carbocycles. The molecule has 25 heavy (non-hydrogen) atoms. The van der Waals surface area contributed by atoms with E-state index < -0.39 is 5.76 Å². The Bertz CT molecular complexity index is 1100. The van der Waals surface area contributed by atoms with Crippen molar-refractivity contribution in [3.63, 3.8) is 0 Å². The summed E-state index contributed by atoms with van der Waals surface area (Å²) in [5.74, 6) is -0.388. The summed E-state index contributed by atoms with van der Waals surface area (Å²) in [4.78, 5) is 26.4. The predicted octanol–water partition coefficient (Wildman–Crippen LogP) is 1.48. The standard InChI is InChI=1S/C16H12N6O3/c23-15(11-5-2-6-12-14(11)18-16(24)25-12)17-10-4-1-3-9(7-10)8-13-19-21-22-20-13/h1-7H,8H2,(H,17,23)(H,18,24)(H,19,20,21,22). The zero-order valence-electron chi connectivity index (χ0n) is 12.8. The van der Waals surface area contributed by atoms with Gasteiger partial charge in [-0.25, -0.2) is 4.79 Å². The summed E-state index contributed by atoms with van der Waals surface area (Å²) in [7, 11) is 0. The maximum absolute atomic E-state index is 12.6. The van der Waals surface area contributed by atoms with Crippen LogP contribution in [0.4, 0.5) is 5.69 Å². The number of anilines is 1. The fraction of sp³-hybridized carbons (Fsp3) is 0.0625. The molecule has 0 fully saturated rings. The highest BCUT2D eigenvalue weighted by Crippen LogP contribution is 2.18. The second-order valence-corrected chi connectivity index (χ2v) is 5.35. The number of benzene rings is 2. The Morgan fingerprint density at radius 3 is 2.92 bits per heavy atom. The molecule has 0 radical (unpaired) electrons. The van der Waals surface area contributed by atoms with Crippen LogP contribution in [0.1, 0.15) is 21.7 Å². The van der Waals surface area contributed by atoms with Crippen LogP contribution in [-0.2, 0) is 6.42 Å². The first kappa shape index (κ1) is 14.8. The molecule has 0 spiro atoms. The lowest BCUT2D eigenvalue weighted by atomic mass is 10.1. The lowest BCUT2D eigenvalue weighted by molar-refractivity contribution is 0.102. The van der Waals surface area contributed by atoms with Crippen molar-refractivity contribution in [2.75, 3.05) is 5.32 Å². The van der Waals surface area contributed by atoms with E-state index in [1.807, 2.05) is 18.2 Å². The van der Waals surface area contributed by atoms with E-state index >= 15 is 0 Å². The molecular formula is C16H12N6O3. The number of aromatic nitrogens is 5. The molecule has 0 atom stereocenters. The van der Waals surface area contributed by atoms with E-state index in [9.17, 15) is 9.59 Å². The van der Waals surface area contributed by atoms with Crippen molar-refractivity contribution in [2.24, 2.45) is 0 Å². The minimum absolute atomic E-state index is 0.326. The van der Waals surface area contributed by atoms with Crippen molar-refractivity contribution in [3.8, 4) is 0 Å². The Kier molecular flexibility index (Phi) is 3.58. The first-order chi connectivity index (χ1) is 12.2. The number of para-hydroxylation sites is 1. The first-order valence-corrected chi connectivity index (χ1v) is 7.43. The van der Waals surface area contributed by atoms with Crippen molar-refractivity contribution in [2.45, 2.75) is 6.42 Å². The van der Waals surface area contributed by atoms with Gasteiger partial charge in [0.1, 0.15) is 0 Å². The number of H-pyrrole nitrogens is 2. The first-order valence-electron chi connectivity index (χ1n) is 7.43. The highest BCUT2D eigenvalue weighted by molar-refractivity contribution is 6.11. The molecule has 0 bridgehead atoms. The van der Waals surface area contributed by atoms with Crippen LogP contribution in [-0.4, -0.2) is 31.5 Å². The fourth-order valence-corrected chi connectivity index (χ4v) is 2.56. The quantitative estimate of drug-likeness (QED) is 0.517. The van der Waals surface area contributed by atoms with Gasteiger partial charge in [0.15, 0.2) is 11.4 Å². The van der Waals surface area contributed by atoms with Gasteiger partial charge >= 0.3 is 5.76 Å². The molecule has 4 rings (SSSR count). The molecule has 2 aromatic heterocycles. The molecule has 0 saturated carbocycles. The minimum Gasteiger partial charge on any atom is -0.408 e. The molecule has 9 nitrogen and oxygen atoms in total.